The minimum atomic E-state index is -3.68. The average molecular weight is 429 g/mol. The van der Waals surface area contributed by atoms with E-state index in [1.165, 1.54) is 11.0 Å². The summed E-state index contributed by atoms with van der Waals surface area (Å²) in [6.07, 6.45) is 1.99. The molecule has 1 saturated heterocycles. The lowest BCUT2D eigenvalue weighted by Gasteiger charge is -2.33. The Morgan fingerprint density at radius 3 is 2.37 bits per heavy atom. The molecule has 3 rings (SSSR count). The lowest BCUT2D eigenvalue weighted by molar-refractivity contribution is -0.885. The highest BCUT2D eigenvalue weighted by molar-refractivity contribution is 7.94. The summed E-state index contributed by atoms with van der Waals surface area (Å²) in [7, 11) is 0.329. The fourth-order valence-electron chi connectivity index (χ4n) is 3.18. The fourth-order valence-corrected chi connectivity index (χ4v) is 5.72. The third-order valence-electron chi connectivity index (χ3n) is 4.87. The number of piperidine rings is 1. The smallest absolute Gasteiger partial charge is 0.271 e. The molecule has 0 spiro atoms. The van der Waals surface area contributed by atoms with Crippen LogP contribution in [0.25, 0.3) is 0 Å². The SMILES string of the molecule is CN(C(=O)c1ccc(NS(=O)(=O)c2ccc(Cl)s2)cc1)C1CC[NH+](C)CC1. The first-order chi connectivity index (χ1) is 12.8. The van der Waals surface area contributed by atoms with Crippen LogP contribution in [0.1, 0.15) is 23.2 Å². The molecule has 0 aliphatic carbocycles. The molecule has 27 heavy (non-hydrogen) atoms. The predicted molar refractivity (Wildman–Crippen MR) is 108 cm³/mol. The van der Waals surface area contributed by atoms with Crippen molar-refractivity contribution in [1.29, 1.82) is 0 Å². The third kappa shape index (κ3) is 4.82. The molecule has 6 nitrogen and oxygen atoms in total. The van der Waals surface area contributed by atoms with Gasteiger partial charge in [0.15, 0.2) is 0 Å². The first-order valence-electron chi connectivity index (χ1n) is 8.73. The van der Waals surface area contributed by atoms with Gasteiger partial charge in [-0.3, -0.25) is 9.52 Å². The van der Waals surface area contributed by atoms with Gasteiger partial charge in [0.2, 0.25) is 0 Å². The topological polar surface area (TPSA) is 70.9 Å². The molecule has 1 aromatic carbocycles. The number of likely N-dealkylation sites (tertiary alicyclic amines) is 1. The number of sulfonamides is 1. The normalized spacial score (nSPS) is 20.3. The summed E-state index contributed by atoms with van der Waals surface area (Å²) in [6, 6.07) is 9.77. The second-order valence-corrected chi connectivity index (χ2v) is 10.5. The maximum absolute atomic E-state index is 12.7. The average Bonchev–Trinajstić information content (AvgIpc) is 3.09. The van der Waals surface area contributed by atoms with Crippen LogP contribution in [-0.2, 0) is 10.0 Å². The Kier molecular flexibility index (Phi) is 6.10. The second kappa shape index (κ2) is 8.18. The van der Waals surface area contributed by atoms with Crippen LogP contribution in [0.2, 0.25) is 4.34 Å². The summed E-state index contributed by atoms with van der Waals surface area (Å²) >= 11 is 6.80. The maximum atomic E-state index is 12.7. The molecule has 0 bridgehead atoms. The van der Waals surface area contributed by atoms with Crippen molar-refractivity contribution in [3.8, 4) is 0 Å². The van der Waals surface area contributed by atoms with E-state index in [4.69, 9.17) is 11.6 Å². The van der Waals surface area contributed by atoms with Gasteiger partial charge in [-0.1, -0.05) is 11.6 Å². The van der Waals surface area contributed by atoms with E-state index < -0.39 is 10.0 Å². The van der Waals surface area contributed by atoms with Crippen LogP contribution in [0.5, 0.6) is 0 Å². The van der Waals surface area contributed by atoms with E-state index in [0.717, 1.165) is 37.3 Å². The van der Waals surface area contributed by atoms with Crippen molar-refractivity contribution in [2.45, 2.75) is 23.1 Å². The third-order valence-corrected chi connectivity index (χ3v) is 7.98. The minimum Gasteiger partial charge on any atom is -0.338 e. The highest BCUT2D eigenvalue weighted by Crippen LogP contribution is 2.27. The number of rotatable bonds is 5. The molecule has 0 unspecified atom stereocenters. The molecule has 1 amide bonds. The number of halogens is 1. The van der Waals surface area contributed by atoms with Crippen molar-refractivity contribution in [3.63, 3.8) is 0 Å². The number of carbonyl (C=O) groups excluding carboxylic acids is 1. The molecule has 1 fully saturated rings. The van der Waals surface area contributed by atoms with Gasteiger partial charge in [0, 0.05) is 37.2 Å². The summed E-state index contributed by atoms with van der Waals surface area (Å²) in [6.45, 7) is 2.13. The molecular formula is C18H23ClN3O3S2+. The zero-order valence-corrected chi connectivity index (χ0v) is 17.6. The molecule has 9 heteroatoms. The van der Waals surface area contributed by atoms with Crippen LogP contribution in [0.15, 0.2) is 40.6 Å². The van der Waals surface area contributed by atoms with Crippen molar-refractivity contribution in [2.75, 3.05) is 31.9 Å². The molecule has 0 saturated carbocycles. The second-order valence-electron chi connectivity index (χ2n) is 6.85. The molecule has 2 N–H and O–H groups in total. The summed E-state index contributed by atoms with van der Waals surface area (Å²) in [5, 5.41) is 0. The van der Waals surface area contributed by atoms with Gasteiger partial charge in [0.05, 0.1) is 24.5 Å². The van der Waals surface area contributed by atoms with E-state index in [-0.39, 0.29) is 16.2 Å². The monoisotopic (exact) mass is 428 g/mol. The quantitative estimate of drug-likeness (QED) is 0.764. The Hall–Kier alpha value is -1.61. The summed E-state index contributed by atoms with van der Waals surface area (Å²) in [4.78, 5) is 16.0. The van der Waals surface area contributed by atoms with Crippen LogP contribution in [-0.4, -0.2) is 52.5 Å². The number of benzene rings is 1. The first kappa shape index (κ1) is 20.1. The van der Waals surface area contributed by atoms with Gasteiger partial charge in [-0.05, 0) is 36.4 Å². The number of hydrogen-bond donors (Lipinski definition) is 2. The Bertz CT molecular complexity index is 904. The fraction of sp³-hybridized carbons (Fsp3) is 0.389. The molecule has 0 radical (unpaired) electrons. The van der Waals surface area contributed by atoms with Crippen LogP contribution >= 0.6 is 22.9 Å². The number of anilines is 1. The van der Waals surface area contributed by atoms with E-state index >= 15 is 0 Å². The zero-order valence-electron chi connectivity index (χ0n) is 15.2. The van der Waals surface area contributed by atoms with Gasteiger partial charge in [0.1, 0.15) is 4.21 Å². The number of thiophene rings is 1. The number of carbonyl (C=O) groups is 1. The van der Waals surface area contributed by atoms with Crippen molar-refractivity contribution >= 4 is 44.6 Å². The van der Waals surface area contributed by atoms with Crippen molar-refractivity contribution in [2.24, 2.45) is 0 Å². The maximum Gasteiger partial charge on any atom is 0.271 e. The highest BCUT2D eigenvalue weighted by atomic mass is 35.5. The molecular weight excluding hydrogens is 406 g/mol. The molecule has 0 atom stereocenters. The number of nitrogens with zero attached hydrogens (tertiary/aromatic N) is 1. The van der Waals surface area contributed by atoms with E-state index in [9.17, 15) is 13.2 Å². The van der Waals surface area contributed by atoms with Gasteiger partial charge in [-0.15, -0.1) is 11.3 Å². The van der Waals surface area contributed by atoms with E-state index in [1.54, 1.807) is 35.2 Å². The number of nitrogens with one attached hydrogen (secondary N) is 2. The lowest BCUT2D eigenvalue weighted by Crippen LogP contribution is -3.10. The van der Waals surface area contributed by atoms with Gasteiger partial charge in [0.25, 0.3) is 15.9 Å². The van der Waals surface area contributed by atoms with Crippen LogP contribution in [0, 0.1) is 0 Å². The van der Waals surface area contributed by atoms with Crippen molar-refractivity contribution in [3.05, 3.63) is 46.3 Å². The van der Waals surface area contributed by atoms with Crippen LogP contribution < -0.4 is 9.62 Å². The molecule has 146 valence electrons. The Morgan fingerprint density at radius 1 is 1.19 bits per heavy atom. The minimum absolute atomic E-state index is 0.0426. The van der Waals surface area contributed by atoms with Gasteiger partial charge >= 0.3 is 0 Å². The molecule has 2 aromatic rings. The molecule has 1 aliphatic rings. The molecule has 1 aromatic heterocycles. The lowest BCUT2D eigenvalue weighted by atomic mass is 10.0. The Labute approximate surface area is 168 Å². The summed E-state index contributed by atoms with van der Waals surface area (Å²) < 4.78 is 27.7. The van der Waals surface area contributed by atoms with Gasteiger partial charge < -0.3 is 9.80 Å². The largest absolute Gasteiger partial charge is 0.338 e. The Morgan fingerprint density at radius 2 is 1.81 bits per heavy atom. The summed E-state index contributed by atoms with van der Waals surface area (Å²) in [5.74, 6) is -0.0426. The Balaban J connectivity index is 1.67. The summed E-state index contributed by atoms with van der Waals surface area (Å²) in [5.41, 5.74) is 0.951. The number of quaternary nitrogens is 1. The number of hydrogen-bond acceptors (Lipinski definition) is 4. The number of amides is 1. The van der Waals surface area contributed by atoms with Crippen molar-refractivity contribution in [1.82, 2.24) is 4.90 Å². The predicted octanol–water partition coefficient (Wildman–Crippen LogP) is 1.95. The first-order valence-corrected chi connectivity index (χ1v) is 11.4. The van der Waals surface area contributed by atoms with Gasteiger partial charge in [-0.2, -0.15) is 0 Å². The molecule has 2 heterocycles. The van der Waals surface area contributed by atoms with E-state index in [2.05, 4.69) is 11.8 Å². The molecule has 1 aliphatic heterocycles. The van der Waals surface area contributed by atoms with Gasteiger partial charge in [-0.25, -0.2) is 8.42 Å². The van der Waals surface area contributed by atoms with Crippen molar-refractivity contribution < 1.29 is 18.1 Å². The zero-order chi connectivity index (χ0) is 19.6. The van der Waals surface area contributed by atoms with Crippen LogP contribution in [0.3, 0.4) is 0 Å². The van der Waals surface area contributed by atoms with Crippen LogP contribution in [0.4, 0.5) is 5.69 Å². The van der Waals surface area contributed by atoms with E-state index in [1.807, 2.05) is 7.05 Å². The highest BCUT2D eigenvalue weighted by Gasteiger charge is 2.26. The standard InChI is InChI=1S/C18H22ClN3O3S2/c1-21-11-9-15(10-12-21)22(2)18(23)13-3-5-14(6-4-13)20-27(24,25)17-8-7-16(19)26-17/h3-8,15,20H,9-12H2,1-2H3/p+1. The van der Waals surface area contributed by atoms with E-state index in [0.29, 0.717) is 15.6 Å².